The predicted molar refractivity (Wildman–Crippen MR) is 100 cm³/mol. The van der Waals surface area contributed by atoms with E-state index in [0.29, 0.717) is 5.69 Å². The first-order chi connectivity index (χ1) is 13.0. The van der Waals surface area contributed by atoms with Crippen LogP contribution in [0.25, 0.3) is 5.69 Å². The standard InChI is InChI=1S/C20H25N3O4/c1-14-7-9-15(10-8-14)23-17-6-4-3-5-16(17)19(21-23)20(26)22(11-12-27-2)13-18(24)25/h7-10H,3-6,11-13H2,1-2H3,(H,24,25). The van der Waals surface area contributed by atoms with Crippen LogP contribution >= 0.6 is 0 Å². The molecule has 0 atom stereocenters. The van der Waals surface area contributed by atoms with Gasteiger partial charge in [0.15, 0.2) is 5.69 Å². The van der Waals surface area contributed by atoms with Crippen molar-refractivity contribution in [3.8, 4) is 5.69 Å². The van der Waals surface area contributed by atoms with E-state index in [1.165, 1.54) is 12.0 Å². The maximum Gasteiger partial charge on any atom is 0.323 e. The van der Waals surface area contributed by atoms with E-state index in [2.05, 4.69) is 5.10 Å². The number of aliphatic carboxylic acids is 1. The minimum atomic E-state index is -1.05. The number of methoxy groups -OCH3 is 1. The lowest BCUT2D eigenvalue weighted by atomic mass is 9.95. The SMILES string of the molecule is COCCN(CC(=O)O)C(=O)c1nn(-c2ccc(C)cc2)c2c1CCCC2. The summed E-state index contributed by atoms with van der Waals surface area (Å²) < 4.78 is 6.87. The Labute approximate surface area is 158 Å². The fourth-order valence-electron chi connectivity index (χ4n) is 3.44. The second-order valence-electron chi connectivity index (χ2n) is 6.84. The Kier molecular flexibility index (Phi) is 5.91. The normalized spacial score (nSPS) is 13.3. The Morgan fingerprint density at radius 1 is 1.22 bits per heavy atom. The molecule has 0 bridgehead atoms. The molecule has 0 radical (unpaired) electrons. The number of carbonyl (C=O) groups excluding carboxylic acids is 1. The van der Waals surface area contributed by atoms with Gasteiger partial charge in [-0.1, -0.05) is 17.7 Å². The van der Waals surface area contributed by atoms with Gasteiger partial charge in [-0.2, -0.15) is 5.10 Å². The van der Waals surface area contributed by atoms with Crippen molar-refractivity contribution < 1.29 is 19.4 Å². The van der Waals surface area contributed by atoms with E-state index >= 15 is 0 Å². The zero-order valence-corrected chi connectivity index (χ0v) is 15.8. The number of benzene rings is 1. The van der Waals surface area contributed by atoms with E-state index in [1.54, 1.807) is 0 Å². The van der Waals surface area contributed by atoms with E-state index in [-0.39, 0.29) is 25.6 Å². The summed E-state index contributed by atoms with van der Waals surface area (Å²) in [7, 11) is 1.53. The van der Waals surface area contributed by atoms with Crippen molar-refractivity contribution in [3.63, 3.8) is 0 Å². The second kappa shape index (κ2) is 8.35. The zero-order chi connectivity index (χ0) is 19.4. The van der Waals surface area contributed by atoms with E-state index in [0.717, 1.165) is 48.2 Å². The smallest absolute Gasteiger partial charge is 0.323 e. The first-order valence-corrected chi connectivity index (χ1v) is 9.19. The lowest BCUT2D eigenvalue weighted by molar-refractivity contribution is -0.137. The molecular weight excluding hydrogens is 346 g/mol. The molecule has 0 saturated carbocycles. The highest BCUT2D eigenvalue weighted by molar-refractivity contribution is 5.95. The minimum Gasteiger partial charge on any atom is -0.480 e. The summed E-state index contributed by atoms with van der Waals surface area (Å²) in [5.41, 5.74) is 4.43. The lowest BCUT2D eigenvalue weighted by Gasteiger charge is -2.20. The molecule has 0 aliphatic heterocycles. The van der Waals surface area contributed by atoms with Crippen LogP contribution in [0.1, 0.15) is 40.2 Å². The van der Waals surface area contributed by atoms with Crippen molar-refractivity contribution in [2.45, 2.75) is 32.6 Å². The van der Waals surface area contributed by atoms with Gasteiger partial charge in [-0.25, -0.2) is 4.68 Å². The lowest BCUT2D eigenvalue weighted by Crippen LogP contribution is -2.38. The highest BCUT2D eigenvalue weighted by Gasteiger charge is 2.29. The first-order valence-electron chi connectivity index (χ1n) is 9.19. The largest absolute Gasteiger partial charge is 0.480 e. The van der Waals surface area contributed by atoms with Gasteiger partial charge in [0.25, 0.3) is 5.91 Å². The van der Waals surface area contributed by atoms with E-state index in [4.69, 9.17) is 9.84 Å². The number of ether oxygens (including phenoxy) is 1. The molecule has 1 aliphatic carbocycles. The number of nitrogens with zero attached hydrogens (tertiary/aromatic N) is 3. The number of hydrogen-bond acceptors (Lipinski definition) is 4. The summed E-state index contributed by atoms with van der Waals surface area (Å²) in [6, 6.07) is 8.02. The molecule has 0 fully saturated rings. The van der Waals surface area contributed by atoms with Gasteiger partial charge in [0.2, 0.25) is 0 Å². The monoisotopic (exact) mass is 371 g/mol. The van der Waals surface area contributed by atoms with Gasteiger partial charge in [0.1, 0.15) is 6.54 Å². The number of carboxylic acids is 1. The van der Waals surface area contributed by atoms with Gasteiger partial charge >= 0.3 is 5.97 Å². The summed E-state index contributed by atoms with van der Waals surface area (Å²) in [4.78, 5) is 25.6. The third-order valence-electron chi connectivity index (χ3n) is 4.84. The average molecular weight is 371 g/mol. The molecule has 3 rings (SSSR count). The second-order valence-corrected chi connectivity index (χ2v) is 6.84. The highest BCUT2D eigenvalue weighted by atomic mass is 16.5. The molecule has 27 heavy (non-hydrogen) atoms. The summed E-state index contributed by atoms with van der Waals surface area (Å²) in [6.45, 7) is 2.15. The molecule has 1 aromatic heterocycles. The molecule has 144 valence electrons. The Morgan fingerprint density at radius 3 is 2.59 bits per heavy atom. The van der Waals surface area contributed by atoms with Gasteiger partial charge < -0.3 is 14.7 Å². The number of amides is 1. The topological polar surface area (TPSA) is 84.7 Å². The maximum absolute atomic E-state index is 13.1. The fraction of sp³-hybridized carbons (Fsp3) is 0.450. The minimum absolute atomic E-state index is 0.216. The molecule has 0 saturated heterocycles. The van der Waals surface area contributed by atoms with E-state index < -0.39 is 5.97 Å². The summed E-state index contributed by atoms with van der Waals surface area (Å²) in [5, 5.41) is 13.8. The van der Waals surface area contributed by atoms with Crippen molar-refractivity contribution in [2.24, 2.45) is 0 Å². The van der Waals surface area contributed by atoms with Gasteiger partial charge in [-0.15, -0.1) is 0 Å². The van der Waals surface area contributed by atoms with Crippen molar-refractivity contribution >= 4 is 11.9 Å². The first kappa shape index (κ1) is 19.1. The van der Waals surface area contributed by atoms with E-state index in [1.807, 2.05) is 35.9 Å². The zero-order valence-electron chi connectivity index (χ0n) is 15.8. The van der Waals surface area contributed by atoms with Crippen LogP contribution in [-0.4, -0.2) is 58.5 Å². The van der Waals surface area contributed by atoms with Gasteiger partial charge in [-0.05, 0) is 44.7 Å². The third-order valence-corrected chi connectivity index (χ3v) is 4.84. The van der Waals surface area contributed by atoms with Crippen LogP contribution in [0.15, 0.2) is 24.3 Å². The number of carbonyl (C=O) groups is 2. The number of rotatable bonds is 7. The molecule has 0 unspecified atom stereocenters. The Balaban J connectivity index is 2.00. The number of hydrogen-bond donors (Lipinski definition) is 1. The number of aryl methyl sites for hydroxylation is 1. The van der Waals surface area contributed by atoms with Crippen molar-refractivity contribution in [3.05, 3.63) is 46.8 Å². The highest BCUT2D eigenvalue weighted by Crippen LogP contribution is 2.28. The molecule has 1 aliphatic rings. The number of fused-ring (bicyclic) bond motifs is 1. The average Bonchev–Trinajstić information content (AvgIpc) is 3.04. The molecular formula is C20H25N3O4. The third kappa shape index (κ3) is 4.19. The van der Waals surface area contributed by atoms with Crippen LogP contribution in [0.2, 0.25) is 0 Å². The fourth-order valence-corrected chi connectivity index (χ4v) is 3.44. The van der Waals surface area contributed by atoms with Crippen LogP contribution in [0.4, 0.5) is 0 Å². The van der Waals surface area contributed by atoms with Gasteiger partial charge in [0.05, 0.1) is 12.3 Å². The van der Waals surface area contributed by atoms with E-state index in [9.17, 15) is 9.59 Å². The Bertz CT molecular complexity index is 826. The van der Waals surface area contributed by atoms with Crippen molar-refractivity contribution in [2.75, 3.05) is 26.8 Å². The van der Waals surface area contributed by atoms with Crippen molar-refractivity contribution in [1.29, 1.82) is 0 Å². The van der Waals surface area contributed by atoms with Crippen LogP contribution in [0.3, 0.4) is 0 Å². The van der Waals surface area contributed by atoms with Crippen LogP contribution in [0, 0.1) is 6.92 Å². The molecule has 2 aromatic rings. The Morgan fingerprint density at radius 2 is 1.93 bits per heavy atom. The van der Waals surface area contributed by atoms with Crippen LogP contribution in [-0.2, 0) is 22.4 Å². The van der Waals surface area contributed by atoms with Crippen LogP contribution < -0.4 is 0 Å². The molecule has 1 amide bonds. The summed E-state index contributed by atoms with van der Waals surface area (Å²) in [6.07, 6.45) is 3.71. The van der Waals surface area contributed by atoms with Crippen molar-refractivity contribution in [1.82, 2.24) is 14.7 Å². The molecule has 1 heterocycles. The summed E-state index contributed by atoms with van der Waals surface area (Å²) >= 11 is 0. The molecule has 7 heteroatoms. The predicted octanol–water partition coefficient (Wildman–Crippen LogP) is 2.23. The van der Waals surface area contributed by atoms with Crippen LogP contribution in [0.5, 0.6) is 0 Å². The number of aromatic nitrogens is 2. The molecule has 1 N–H and O–H groups in total. The Hall–Kier alpha value is -2.67. The quantitative estimate of drug-likeness (QED) is 0.807. The summed E-state index contributed by atoms with van der Waals surface area (Å²) in [5.74, 6) is -1.40. The number of carboxylic acid groups (broad SMARTS) is 1. The van der Waals surface area contributed by atoms with Gasteiger partial charge in [0, 0.05) is 24.9 Å². The van der Waals surface area contributed by atoms with Gasteiger partial charge in [-0.3, -0.25) is 9.59 Å². The molecule has 0 spiro atoms. The maximum atomic E-state index is 13.1. The molecule has 1 aromatic carbocycles. The molecule has 7 nitrogen and oxygen atoms in total.